The van der Waals surface area contributed by atoms with Crippen molar-refractivity contribution in [2.24, 2.45) is 5.92 Å². The van der Waals surface area contributed by atoms with Crippen molar-refractivity contribution >= 4 is 5.69 Å². The topological polar surface area (TPSA) is 30.5 Å². The standard InChI is InChI=1S/C14H21NO2/c1-10-4-5-11(8-10)15-13-9-12(16-2)6-7-14(13)17-3/h6-7,9-11,15H,4-5,8H2,1-3H3. The molecule has 1 saturated carbocycles. The van der Waals surface area contributed by atoms with E-state index in [4.69, 9.17) is 9.47 Å². The van der Waals surface area contributed by atoms with Crippen LogP contribution in [0.4, 0.5) is 5.69 Å². The van der Waals surface area contributed by atoms with Crippen LogP contribution in [0, 0.1) is 5.92 Å². The van der Waals surface area contributed by atoms with Crippen molar-refractivity contribution in [3.05, 3.63) is 18.2 Å². The van der Waals surface area contributed by atoms with Crippen LogP contribution in [0.15, 0.2) is 18.2 Å². The molecule has 94 valence electrons. The molecule has 1 aliphatic rings. The maximum atomic E-state index is 5.36. The lowest BCUT2D eigenvalue weighted by molar-refractivity contribution is 0.404. The number of nitrogens with one attached hydrogen (secondary N) is 1. The summed E-state index contributed by atoms with van der Waals surface area (Å²) in [5.41, 5.74) is 1.03. The first-order valence-electron chi connectivity index (χ1n) is 6.21. The van der Waals surface area contributed by atoms with E-state index in [1.807, 2.05) is 18.2 Å². The summed E-state index contributed by atoms with van der Waals surface area (Å²) in [7, 11) is 3.38. The van der Waals surface area contributed by atoms with Gasteiger partial charge < -0.3 is 14.8 Å². The highest BCUT2D eigenvalue weighted by Gasteiger charge is 2.22. The fraction of sp³-hybridized carbons (Fsp3) is 0.571. The zero-order valence-electron chi connectivity index (χ0n) is 10.8. The molecule has 2 rings (SSSR count). The average Bonchev–Trinajstić information content (AvgIpc) is 2.74. The Labute approximate surface area is 103 Å². The summed E-state index contributed by atoms with van der Waals surface area (Å²) in [6.45, 7) is 2.31. The van der Waals surface area contributed by atoms with E-state index in [0.717, 1.165) is 23.1 Å². The second-order valence-corrected chi connectivity index (χ2v) is 4.83. The van der Waals surface area contributed by atoms with Crippen LogP contribution in [0.1, 0.15) is 26.2 Å². The van der Waals surface area contributed by atoms with Crippen molar-refractivity contribution in [3.8, 4) is 11.5 Å². The van der Waals surface area contributed by atoms with Crippen molar-refractivity contribution < 1.29 is 9.47 Å². The smallest absolute Gasteiger partial charge is 0.142 e. The van der Waals surface area contributed by atoms with Crippen LogP contribution >= 0.6 is 0 Å². The van der Waals surface area contributed by atoms with Gasteiger partial charge in [-0.05, 0) is 37.3 Å². The van der Waals surface area contributed by atoms with E-state index in [1.54, 1.807) is 14.2 Å². The van der Waals surface area contributed by atoms with E-state index in [0.29, 0.717) is 6.04 Å². The number of ether oxygens (including phenoxy) is 2. The molecule has 1 aromatic rings. The Morgan fingerprint density at radius 2 is 2.00 bits per heavy atom. The minimum absolute atomic E-state index is 0.561. The molecule has 0 bridgehead atoms. The Kier molecular flexibility index (Phi) is 3.77. The summed E-state index contributed by atoms with van der Waals surface area (Å²) < 4.78 is 10.6. The summed E-state index contributed by atoms with van der Waals surface area (Å²) in [6.07, 6.45) is 3.78. The summed E-state index contributed by atoms with van der Waals surface area (Å²) in [5.74, 6) is 2.56. The number of methoxy groups -OCH3 is 2. The van der Waals surface area contributed by atoms with Crippen LogP contribution in [0.5, 0.6) is 11.5 Å². The molecular weight excluding hydrogens is 214 g/mol. The third kappa shape index (κ3) is 2.84. The van der Waals surface area contributed by atoms with Gasteiger partial charge in [-0.25, -0.2) is 0 Å². The average molecular weight is 235 g/mol. The molecule has 0 spiro atoms. The van der Waals surface area contributed by atoms with Crippen LogP contribution < -0.4 is 14.8 Å². The summed E-state index contributed by atoms with van der Waals surface area (Å²) in [6, 6.07) is 6.42. The minimum Gasteiger partial charge on any atom is -0.497 e. The maximum Gasteiger partial charge on any atom is 0.142 e. The molecule has 0 amide bonds. The quantitative estimate of drug-likeness (QED) is 0.868. The van der Waals surface area contributed by atoms with Gasteiger partial charge in [0.2, 0.25) is 0 Å². The normalized spacial score (nSPS) is 23.5. The van der Waals surface area contributed by atoms with Crippen molar-refractivity contribution in [2.45, 2.75) is 32.2 Å². The minimum atomic E-state index is 0.561. The largest absolute Gasteiger partial charge is 0.497 e. The van der Waals surface area contributed by atoms with Gasteiger partial charge in [-0.3, -0.25) is 0 Å². The van der Waals surface area contributed by atoms with E-state index in [1.165, 1.54) is 19.3 Å². The number of hydrogen-bond acceptors (Lipinski definition) is 3. The Morgan fingerprint density at radius 3 is 2.59 bits per heavy atom. The maximum absolute atomic E-state index is 5.36. The molecule has 0 aliphatic heterocycles. The highest BCUT2D eigenvalue weighted by Crippen LogP contribution is 2.33. The molecule has 17 heavy (non-hydrogen) atoms. The number of anilines is 1. The van der Waals surface area contributed by atoms with Crippen LogP contribution in [0.2, 0.25) is 0 Å². The predicted molar refractivity (Wildman–Crippen MR) is 70.0 cm³/mol. The monoisotopic (exact) mass is 235 g/mol. The highest BCUT2D eigenvalue weighted by molar-refractivity contribution is 5.60. The molecular formula is C14H21NO2. The van der Waals surface area contributed by atoms with Gasteiger partial charge >= 0.3 is 0 Å². The van der Waals surface area contributed by atoms with Crippen LogP contribution in [-0.4, -0.2) is 20.3 Å². The molecule has 2 atom stereocenters. The third-order valence-electron chi connectivity index (χ3n) is 3.46. The number of benzene rings is 1. The summed E-state index contributed by atoms with van der Waals surface area (Å²) >= 11 is 0. The molecule has 3 nitrogen and oxygen atoms in total. The molecule has 1 aliphatic carbocycles. The van der Waals surface area contributed by atoms with Gasteiger partial charge in [-0.15, -0.1) is 0 Å². The number of hydrogen-bond donors (Lipinski definition) is 1. The molecule has 0 saturated heterocycles. The van der Waals surface area contributed by atoms with Gasteiger partial charge in [0.15, 0.2) is 0 Å². The van der Waals surface area contributed by atoms with Crippen molar-refractivity contribution in [1.29, 1.82) is 0 Å². The van der Waals surface area contributed by atoms with Gasteiger partial charge in [-0.1, -0.05) is 6.92 Å². The second-order valence-electron chi connectivity index (χ2n) is 4.83. The zero-order valence-corrected chi connectivity index (χ0v) is 10.8. The molecule has 2 unspecified atom stereocenters. The van der Waals surface area contributed by atoms with Gasteiger partial charge in [0.05, 0.1) is 19.9 Å². The molecule has 0 heterocycles. The predicted octanol–water partition coefficient (Wildman–Crippen LogP) is 3.30. The lowest BCUT2D eigenvalue weighted by atomic mass is 10.1. The van der Waals surface area contributed by atoms with E-state index >= 15 is 0 Å². The Balaban J connectivity index is 2.12. The zero-order chi connectivity index (χ0) is 12.3. The summed E-state index contributed by atoms with van der Waals surface area (Å²) in [4.78, 5) is 0. The molecule has 0 aromatic heterocycles. The summed E-state index contributed by atoms with van der Waals surface area (Å²) in [5, 5.41) is 3.56. The van der Waals surface area contributed by atoms with E-state index < -0.39 is 0 Å². The first-order chi connectivity index (χ1) is 8.22. The molecule has 1 N–H and O–H groups in total. The van der Waals surface area contributed by atoms with Crippen LogP contribution in [0.25, 0.3) is 0 Å². The van der Waals surface area contributed by atoms with Crippen molar-refractivity contribution in [2.75, 3.05) is 19.5 Å². The Hall–Kier alpha value is -1.38. The molecule has 0 radical (unpaired) electrons. The SMILES string of the molecule is COc1ccc(OC)c(NC2CCC(C)C2)c1. The Morgan fingerprint density at radius 1 is 1.18 bits per heavy atom. The van der Waals surface area contributed by atoms with Gasteiger partial charge in [-0.2, -0.15) is 0 Å². The van der Waals surface area contributed by atoms with E-state index in [2.05, 4.69) is 12.2 Å². The first-order valence-corrected chi connectivity index (χ1v) is 6.21. The third-order valence-corrected chi connectivity index (χ3v) is 3.46. The fourth-order valence-corrected chi connectivity index (χ4v) is 2.48. The van der Waals surface area contributed by atoms with Crippen LogP contribution in [0.3, 0.4) is 0 Å². The number of rotatable bonds is 4. The lowest BCUT2D eigenvalue weighted by Gasteiger charge is -2.17. The van der Waals surface area contributed by atoms with Crippen LogP contribution in [-0.2, 0) is 0 Å². The van der Waals surface area contributed by atoms with Gasteiger partial charge in [0, 0.05) is 12.1 Å². The van der Waals surface area contributed by atoms with Crippen molar-refractivity contribution in [1.82, 2.24) is 0 Å². The molecule has 1 fully saturated rings. The fourth-order valence-electron chi connectivity index (χ4n) is 2.48. The van der Waals surface area contributed by atoms with Crippen molar-refractivity contribution in [3.63, 3.8) is 0 Å². The Bertz CT molecular complexity index is 378. The van der Waals surface area contributed by atoms with E-state index in [9.17, 15) is 0 Å². The molecule has 1 aromatic carbocycles. The van der Waals surface area contributed by atoms with Gasteiger partial charge in [0.1, 0.15) is 11.5 Å². The second kappa shape index (κ2) is 5.30. The lowest BCUT2D eigenvalue weighted by Crippen LogP contribution is -2.15. The van der Waals surface area contributed by atoms with Gasteiger partial charge in [0.25, 0.3) is 0 Å². The van der Waals surface area contributed by atoms with E-state index in [-0.39, 0.29) is 0 Å². The highest BCUT2D eigenvalue weighted by atomic mass is 16.5. The first kappa shape index (κ1) is 12.1. The molecule has 3 heteroatoms.